The van der Waals surface area contributed by atoms with Gasteiger partial charge in [-0.3, -0.25) is 4.79 Å². The quantitative estimate of drug-likeness (QED) is 0.821. The molecule has 0 saturated carbocycles. The fourth-order valence-electron chi connectivity index (χ4n) is 1.43. The Labute approximate surface area is 91.2 Å². The summed E-state index contributed by atoms with van der Waals surface area (Å²) in [5.74, 6) is -0.706. The molecule has 6 heteroatoms. The van der Waals surface area contributed by atoms with Crippen LogP contribution in [-0.2, 0) is 16.1 Å². The van der Waals surface area contributed by atoms with Crippen LogP contribution in [0.5, 0.6) is 0 Å². The van der Waals surface area contributed by atoms with E-state index < -0.39 is 5.97 Å². The Kier molecular flexibility index (Phi) is 2.72. The van der Waals surface area contributed by atoms with Crippen molar-refractivity contribution in [2.45, 2.75) is 19.4 Å². The number of furan rings is 1. The maximum absolute atomic E-state index is 11.5. The van der Waals surface area contributed by atoms with Crippen molar-refractivity contribution in [2.24, 2.45) is 5.10 Å². The van der Waals surface area contributed by atoms with Gasteiger partial charge in [-0.25, -0.2) is 9.80 Å². The van der Waals surface area contributed by atoms with E-state index in [1.165, 1.54) is 6.26 Å². The van der Waals surface area contributed by atoms with E-state index in [9.17, 15) is 9.59 Å². The fraction of sp³-hybridized carbons (Fsp3) is 0.300. The van der Waals surface area contributed by atoms with Crippen LogP contribution in [-0.4, -0.2) is 27.7 Å². The number of aliphatic carboxylic acids is 1. The zero-order chi connectivity index (χ0) is 11.5. The normalized spacial score (nSPS) is 16.1. The summed E-state index contributed by atoms with van der Waals surface area (Å²) >= 11 is 0. The summed E-state index contributed by atoms with van der Waals surface area (Å²) in [6.07, 6.45) is 1.85. The molecule has 0 aromatic carbocycles. The van der Waals surface area contributed by atoms with Crippen LogP contribution >= 0.6 is 0 Å². The Morgan fingerprint density at radius 1 is 1.56 bits per heavy atom. The second-order valence-electron chi connectivity index (χ2n) is 3.38. The van der Waals surface area contributed by atoms with Crippen molar-refractivity contribution in [3.05, 3.63) is 24.2 Å². The Balaban J connectivity index is 2.15. The largest absolute Gasteiger partial charge is 0.477 e. The smallest absolute Gasteiger partial charge is 0.352 e. The lowest BCUT2D eigenvalue weighted by Crippen LogP contribution is -2.33. The van der Waals surface area contributed by atoms with Crippen molar-refractivity contribution in [1.29, 1.82) is 0 Å². The van der Waals surface area contributed by atoms with Gasteiger partial charge in [0.05, 0.1) is 6.26 Å². The first-order valence-corrected chi connectivity index (χ1v) is 4.80. The molecule has 1 aliphatic rings. The van der Waals surface area contributed by atoms with Gasteiger partial charge in [-0.15, -0.1) is 0 Å². The molecule has 1 N–H and O–H groups in total. The molecule has 2 rings (SSSR count). The topological polar surface area (TPSA) is 83.1 Å². The van der Waals surface area contributed by atoms with Crippen molar-refractivity contribution in [3.8, 4) is 0 Å². The molecule has 0 saturated heterocycles. The maximum atomic E-state index is 11.5. The van der Waals surface area contributed by atoms with Crippen molar-refractivity contribution in [3.63, 3.8) is 0 Å². The third-order valence-electron chi connectivity index (χ3n) is 2.24. The number of carboxylic acid groups (broad SMARTS) is 1. The first-order valence-electron chi connectivity index (χ1n) is 4.80. The molecule has 1 aromatic heterocycles. The van der Waals surface area contributed by atoms with Crippen LogP contribution < -0.4 is 0 Å². The molecule has 16 heavy (non-hydrogen) atoms. The molecule has 1 amide bonds. The fourth-order valence-corrected chi connectivity index (χ4v) is 1.43. The predicted octanol–water partition coefficient (Wildman–Crippen LogP) is 0.843. The summed E-state index contributed by atoms with van der Waals surface area (Å²) in [5.41, 5.74) is 0.00570. The van der Waals surface area contributed by atoms with Crippen molar-refractivity contribution in [2.75, 3.05) is 0 Å². The van der Waals surface area contributed by atoms with Crippen LogP contribution in [0.1, 0.15) is 18.6 Å². The Morgan fingerprint density at radius 2 is 2.38 bits per heavy atom. The number of hydrogen-bond acceptors (Lipinski definition) is 4. The standard InChI is InChI=1S/C10H10N2O4/c13-9-4-3-8(10(14)15)11-12(9)6-7-2-1-5-16-7/h1-2,5H,3-4,6H2,(H,14,15). The van der Waals surface area contributed by atoms with Crippen LogP contribution in [0, 0.1) is 0 Å². The number of hydrogen-bond donors (Lipinski definition) is 1. The molecule has 0 fully saturated rings. The molecule has 0 spiro atoms. The van der Waals surface area contributed by atoms with Gasteiger partial charge >= 0.3 is 5.97 Å². The van der Waals surface area contributed by atoms with E-state index in [4.69, 9.17) is 9.52 Å². The van der Waals surface area contributed by atoms with Gasteiger partial charge in [-0.1, -0.05) is 0 Å². The van der Waals surface area contributed by atoms with Gasteiger partial charge in [0.15, 0.2) is 0 Å². The molecular formula is C10H10N2O4. The number of nitrogens with zero attached hydrogens (tertiary/aromatic N) is 2. The van der Waals surface area contributed by atoms with E-state index in [1.54, 1.807) is 12.1 Å². The second kappa shape index (κ2) is 4.18. The van der Waals surface area contributed by atoms with Crippen LogP contribution in [0.2, 0.25) is 0 Å². The third-order valence-corrected chi connectivity index (χ3v) is 2.24. The Morgan fingerprint density at radius 3 is 3.00 bits per heavy atom. The summed E-state index contributed by atoms with van der Waals surface area (Å²) in [4.78, 5) is 22.2. The van der Waals surface area contributed by atoms with Crippen LogP contribution in [0.4, 0.5) is 0 Å². The van der Waals surface area contributed by atoms with E-state index in [1.807, 2.05) is 0 Å². The minimum Gasteiger partial charge on any atom is -0.477 e. The van der Waals surface area contributed by atoms with Gasteiger partial charge in [-0.2, -0.15) is 5.10 Å². The van der Waals surface area contributed by atoms with Gasteiger partial charge in [0.1, 0.15) is 18.0 Å². The van der Waals surface area contributed by atoms with E-state index >= 15 is 0 Å². The molecule has 0 unspecified atom stereocenters. The van der Waals surface area contributed by atoms with Crippen molar-refractivity contribution in [1.82, 2.24) is 5.01 Å². The molecule has 84 valence electrons. The minimum absolute atomic E-state index is 0.00570. The maximum Gasteiger partial charge on any atom is 0.352 e. The summed E-state index contributed by atoms with van der Waals surface area (Å²) in [5, 5.41) is 13.7. The first kappa shape index (κ1) is 10.4. The summed E-state index contributed by atoms with van der Waals surface area (Å²) in [7, 11) is 0. The van der Waals surface area contributed by atoms with E-state index in [0.29, 0.717) is 5.76 Å². The lowest BCUT2D eigenvalue weighted by Gasteiger charge is -2.20. The highest BCUT2D eigenvalue weighted by Crippen LogP contribution is 2.13. The van der Waals surface area contributed by atoms with Gasteiger partial charge < -0.3 is 9.52 Å². The van der Waals surface area contributed by atoms with Gasteiger partial charge in [0, 0.05) is 12.8 Å². The number of carbonyl (C=O) groups is 2. The first-order chi connectivity index (χ1) is 7.66. The third kappa shape index (κ3) is 2.10. The molecule has 0 atom stereocenters. The molecule has 0 bridgehead atoms. The highest BCUT2D eigenvalue weighted by atomic mass is 16.4. The molecule has 0 aliphatic carbocycles. The SMILES string of the molecule is O=C(O)C1=NN(Cc2ccco2)C(=O)CC1. The average Bonchev–Trinajstić information content (AvgIpc) is 2.73. The lowest BCUT2D eigenvalue weighted by molar-refractivity contribution is -0.133. The van der Waals surface area contributed by atoms with Crippen molar-refractivity contribution < 1.29 is 19.1 Å². The van der Waals surface area contributed by atoms with Gasteiger partial charge in [0.25, 0.3) is 0 Å². The average molecular weight is 222 g/mol. The van der Waals surface area contributed by atoms with E-state index in [-0.39, 0.29) is 31.0 Å². The predicted molar refractivity (Wildman–Crippen MR) is 53.6 cm³/mol. The number of carbonyl (C=O) groups excluding carboxylic acids is 1. The summed E-state index contributed by atoms with van der Waals surface area (Å²) in [6, 6.07) is 3.41. The van der Waals surface area contributed by atoms with Crippen molar-refractivity contribution >= 4 is 17.6 Å². The Bertz CT molecular complexity index is 436. The molecule has 2 heterocycles. The second-order valence-corrected chi connectivity index (χ2v) is 3.38. The number of amides is 1. The molecule has 1 aliphatic heterocycles. The minimum atomic E-state index is -1.09. The van der Waals surface area contributed by atoms with Gasteiger partial charge in [0.2, 0.25) is 5.91 Å². The molecule has 1 aromatic rings. The lowest BCUT2D eigenvalue weighted by atomic mass is 10.1. The van der Waals surface area contributed by atoms with Gasteiger partial charge in [-0.05, 0) is 12.1 Å². The zero-order valence-corrected chi connectivity index (χ0v) is 8.42. The number of rotatable bonds is 3. The molecule has 6 nitrogen and oxygen atoms in total. The molecular weight excluding hydrogens is 212 g/mol. The number of carboxylic acids is 1. The molecule has 0 radical (unpaired) electrons. The van der Waals surface area contributed by atoms with Crippen LogP contribution in [0.15, 0.2) is 27.9 Å². The Hall–Kier alpha value is -2.11. The van der Waals surface area contributed by atoms with Crippen LogP contribution in [0.25, 0.3) is 0 Å². The number of hydrazone groups is 1. The van der Waals surface area contributed by atoms with E-state index in [2.05, 4.69) is 5.10 Å². The highest BCUT2D eigenvalue weighted by molar-refractivity contribution is 6.36. The summed E-state index contributed by atoms with van der Waals surface area (Å²) < 4.78 is 5.07. The monoisotopic (exact) mass is 222 g/mol. The van der Waals surface area contributed by atoms with E-state index in [0.717, 1.165) is 5.01 Å². The highest BCUT2D eigenvalue weighted by Gasteiger charge is 2.24. The zero-order valence-electron chi connectivity index (χ0n) is 8.42. The summed E-state index contributed by atoms with van der Waals surface area (Å²) in [6.45, 7) is 0.169. The van der Waals surface area contributed by atoms with Crippen LogP contribution in [0.3, 0.4) is 0 Å².